The molecule has 3 rings (SSSR count). The minimum atomic E-state index is 0.277. The number of benzene rings is 1. The number of hydrogen-bond acceptors (Lipinski definition) is 4. The average molecular weight is 232 g/mol. The van der Waals surface area contributed by atoms with Gasteiger partial charge in [-0.2, -0.15) is 0 Å². The monoisotopic (exact) mass is 231 g/mol. The van der Waals surface area contributed by atoms with Gasteiger partial charge in [0.2, 0.25) is 5.58 Å². The average Bonchev–Trinajstić information content (AvgIpc) is 2.75. The maximum Gasteiger partial charge on any atom is 0.223 e. The molecule has 1 aromatic carbocycles. The zero-order chi connectivity index (χ0) is 11.0. The lowest BCUT2D eigenvalue weighted by atomic mass is 10.1. The van der Waals surface area contributed by atoms with Crippen molar-refractivity contribution in [3.8, 4) is 11.3 Å². The first-order chi connectivity index (χ1) is 7.86. The Morgan fingerprint density at radius 2 is 1.88 bits per heavy atom. The number of aromatic nitrogens is 3. The van der Waals surface area contributed by atoms with E-state index < -0.39 is 0 Å². The minimum absolute atomic E-state index is 0.277. The highest BCUT2D eigenvalue weighted by molar-refractivity contribution is 6.33. The topological polar surface area (TPSA) is 51.8 Å². The first-order valence-electron chi connectivity index (χ1n) is 4.67. The summed E-state index contributed by atoms with van der Waals surface area (Å²) in [6, 6.07) is 9.67. The molecule has 0 fully saturated rings. The highest BCUT2D eigenvalue weighted by Gasteiger charge is 2.14. The van der Waals surface area contributed by atoms with Crippen LogP contribution in [-0.4, -0.2) is 15.1 Å². The molecule has 0 unspecified atom stereocenters. The van der Waals surface area contributed by atoms with E-state index in [0.717, 1.165) is 5.56 Å². The first kappa shape index (κ1) is 9.30. The van der Waals surface area contributed by atoms with Crippen molar-refractivity contribution in [2.45, 2.75) is 0 Å². The van der Waals surface area contributed by atoms with E-state index in [1.165, 1.54) is 6.33 Å². The molecule has 2 aromatic heterocycles. The molecule has 0 aliphatic heterocycles. The number of halogens is 1. The van der Waals surface area contributed by atoms with E-state index in [9.17, 15) is 0 Å². The van der Waals surface area contributed by atoms with Gasteiger partial charge in [-0.1, -0.05) is 47.1 Å². The van der Waals surface area contributed by atoms with Crippen LogP contribution in [0.1, 0.15) is 0 Å². The zero-order valence-corrected chi connectivity index (χ0v) is 8.85. The van der Waals surface area contributed by atoms with Crippen LogP contribution >= 0.6 is 11.6 Å². The Labute approximate surface area is 95.9 Å². The molecule has 2 heterocycles. The second-order valence-corrected chi connectivity index (χ2v) is 3.60. The third-order valence-electron chi connectivity index (χ3n) is 2.26. The van der Waals surface area contributed by atoms with E-state index in [4.69, 9.17) is 16.1 Å². The van der Waals surface area contributed by atoms with Gasteiger partial charge in [0.15, 0.2) is 5.15 Å². The summed E-state index contributed by atoms with van der Waals surface area (Å²) in [6.07, 6.45) is 1.40. The van der Waals surface area contributed by atoms with E-state index >= 15 is 0 Å². The Kier molecular flexibility index (Phi) is 2.08. The predicted molar refractivity (Wildman–Crippen MR) is 60.0 cm³/mol. The van der Waals surface area contributed by atoms with Crippen molar-refractivity contribution in [3.63, 3.8) is 0 Å². The van der Waals surface area contributed by atoms with Crippen LogP contribution in [0.25, 0.3) is 22.4 Å². The molecular weight excluding hydrogens is 226 g/mol. The van der Waals surface area contributed by atoms with Crippen LogP contribution < -0.4 is 0 Å². The van der Waals surface area contributed by atoms with Crippen LogP contribution in [0, 0.1) is 0 Å². The molecule has 5 heteroatoms. The van der Waals surface area contributed by atoms with E-state index in [0.29, 0.717) is 16.8 Å². The summed E-state index contributed by atoms with van der Waals surface area (Å²) in [6.45, 7) is 0. The smallest absolute Gasteiger partial charge is 0.223 e. The van der Waals surface area contributed by atoms with Crippen molar-refractivity contribution in [2.24, 2.45) is 0 Å². The molecule has 0 atom stereocenters. The van der Waals surface area contributed by atoms with Crippen molar-refractivity contribution in [3.05, 3.63) is 41.8 Å². The lowest BCUT2D eigenvalue weighted by molar-refractivity contribution is 0.458. The van der Waals surface area contributed by atoms with Gasteiger partial charge in [0.1, 0.15) is 17.5 Å². The fourth-order valence-corrected chi connectivity index (χ4v) is 1.69. The fourth-order valence-electron chi connectivity index (χ4n) is 1.52. The molecule has 3 aromatic rings. The Bertz CT molecular complexity index is 636. The van der Waals surface area contributed by atoms with Gasteiger partial charge in [-0.15, -0.1) is 0 Å². The van der Waals surface area contributed by atoms with Crippen molar-refractivity contribution in [2.75, 3.05) is 0 Å². The third kappa shape index (κ3) is 1.35. The van der Waals surface area contributed by atoms with Gasteiger partial charge >= 0.3 is 0 Å². The summed E-state index contributed by atoms with van der Waals surface area (Å²) in [4.78, 5) is 7.96. The van der Waals surface area contributed by atoms with E-state index in [1.54, 1.807) is 0 Å². The second kappa shape index (κ2) is 3.57. The number of hydrogen-bond donors (Lipinski definition) is 0. The van der Waals surface area contributed by atoms with Gasteiger partial charge in [-0.25, -0.2) is 9.97 Å². The lowest BCUT2D eigenvalue weighted by Gasteiger charge is -1.94. The van der Waals surface area contributed by atoms with Gasteiger partial charge in [0.05, 0.1) is 0 Å². The molecule has 0 amide bonds. The second-order valence-electron chi connectivity index (χ2n) is 3.24. The van der Waals surface area contributed by atoms with Gasteiger partial charge in [0, 0.05) is 5.56 Å². The third-order valence-corrected chi connectivity index (χ3v) is 2.53. The van der Waals surface area contributed by atoms with Crippen molar-refractivity contribution < 1.29 is 4.52 Å². The summed E-state index contributed by atoms with van der Waals surface area (Å²) in [5.74, 6) is 0. The molecule has 4 nitrogen and oxygen atoms in total. The molecule has 0 spiro atoms. The van der Waals surface area contributed by atoms with Crippen LogP contribution in [0.3, 0.4) is 0 Å². The first-order valence-corrected chi connectivity index (χ1v) is 5.05. The Morgan fingerprint density at radius 1 is 1.06 bits per heavy atom. The fraction of sp³-hybridized carbons (Fsp3) is 0. The van der Waals surface area contributed by atoms with E-state index in [-0.39, 0.29) is 5.15 Å². The Hall–Kier alpha value is -1.94. The largest absolute Gasteiger partial charge is 0.351 e. The van der Waals surface area contributed by atoms with Gasteiger partial charge in [0.25, 0.3) is 0 Å². The number of rotatable bonds is 1. The van der Waals surface area contributed by atoms with Crippen molar-refractivity contribution >= 4 is 22.7 Å². The Morgan fingerprint density at radius 3 is 2.69 bits per heavy atom. The highest BCUT2D eigenvalue weighted by atomic mass is 35.5. The number of nitrogens with zero attached hydrogens (tertiary/aromatic N) is 3. The van der Waals surface area contributed by atoms with Crippen LogP contribution in [0.2, 0.25) is 5.15 Å². The van der Waals surface area contributed by atoms with Crippen LogP contribution in [0.5, 0.6) is 0 Å². The maximum absolute atomic E-state index is 5.87. The summed E-state index contributed by atoms with van der Waals surface area (Å²) in [5.41, 5.74) is 2.67. The Balaban J connectivity index is 2.30. The molecule has 0 aliphatic carbocycles. The molecule has 0 radical (unpaired) electrons. The summed E-state index contributed by atoms with van der Waals surface area (Å²) >= 11 is 5.87. The molecule has 0 bridgehead atoms. The standard InChI is InChI=1S/C11H6ClN3O/c12-11-10-9(13-6-14-11)8(15-16-10)7-4-2-1-3-5-7/h1-6H. The van der Waals surface area contributed by atoms with Crippen molar-refractivity contribution in [1.82, 2.24) is 15.1 Å². The summed E-state index contributed by atoms with van der Waals surface area (Å²) < 4.78 is 5.13. The van der Waals surface area contributed by atoms with Crippen LogP contribution in [0.4, 0.5) is 0 Å². The minimum Gasteiger partial charge on any atom is -0.351 e. The van der Waals surface area contributed by atoms with Crippen LogP contribution in [0.15, 0.2) is 41.2 Å². The summed E-state index contributed by atoms with van der Waals surface area (Å²) in [5, 5.41) is 4.24. The lowest BCUT2D eigenvalue weighted by Crippen LogP contribution is -1.82. The maximum atomic E-state index is 5.87. The van der Waals surface area contributed by atoms with E-state index in [1.807, 2.05) is 30.3 Å². The van der Waals surface area contributed by atoms with E-state index in [2.05, 4.69) is 15.1 Å². The summed E-state index contributed by atoms with van der Waals surface area (Å²) in [7, 11) is 0. The molecular formula is C11H6ClN3O. The van der Waals surface area contributed by atoms with Crippen molar-refractivity contribution in [1.29, 1.82) is 0 Å². The molecule has 78 valence electrons. The molecule has 0 aliphatic rings. The number of fused-ring (bicyclic) bond motifs is 1. The molecule has 0 N–H and O–H groups in total. The SMILES string of the molecule is Clc1ncnc2c(-c3ccccc3)noc12. The van der Waals surface area contributed by atoms with Gasteiger partial charge in [-0.3, -0.25) is 0 Å². The van der Waals surface area contributed by atoms with Gasteiger partial charge in [-0.05, 0) is 0 Å². The zero-order valence-electron chi connectivity index (χ0n) is 8.09. The van der Waals surface area contributed by atoms with Crippen LogP contribution in [-0.2, 0) is 0 Å². The normalized spacial score (nSPS) is 10.8. The molecule has 16 heavy (non-hydrogen) atoms. The highest BCUT2D eigenvalue weighted by Crippen LogP contribution is 2.28. The molecule has 0 saturated carbocycles. The van der Waals surface area contributed by atoms with Gasteiger partial charge < -0.3 is 4.52 Å². The molecule has 0 saturated heterocycles. The quantitative estimate of drug-likeness (QED) is 0.604. The predicted octanol–water partition coefficient (Wildman–Crippen LogP) is 2.94.